The molecule has 0 radical (unpaired) electrons. The molecule has 1 atom stereocenters. The first kappa shape index (κ1) is 28.9. The van der Waals surface area contributed by atoms with Gasteiger partial charge in [-0.3, -0.25) is 9.59 Å². The minimum atomic E-state index is -0.388. The SMILES string of the molecule is CCN(c1cc(OC2(C3COCCN3)CCC2)cc(C(=O)NCc2c(C)cc(C)[nH]c2=O)c1Cl)C1CCOCC1. The molecular formula is C30H41ClN4O5. The van der Waals surface area contributed by atoms with Gasteiger partial charge in [-0.25, -0.2) is 0 Å². The molecule has 1 aliphatic carbocycles. The number of halogens is 1. The van der Waals surface area contributed by atoms with E-state index in [0.717, 1.165) is 62.1 Å². The summed E-state index contributed by atoms with van der Waals surface area (Å²) in [5.41, 5.74) is 2.67. The van der Waals surface area contributed by atoms with Gasteiger partial charge in [-0.1, -0.05) is 11.6 Å². The highest BCUT2D eigenvalue weighted by molar-refractivity contribution is 6.36. The molecule has 2 aliphatic heterocycles. The predicted octanol–water partition coefficient (Wildman–Crippen LogP) is 3.87. The maximum atomic E-state index is 13.6. The van der Waals surface area contributed by atoms with Gasteiger partial charge in [-0.2, -0.15) is 0 Å². The fourth-order valence-corrected chi connectivity index (χ4v) is 6.49. The van der Waals surface area contributed by atoms with Crippen LogP contribution in [0.1, 0.15) is 66.2 Å². The smallest absolute Gasteiger partial charge is 0.253 e. The lowest BCUT2D eigenvalue weighted by Gasteiger charge is -2.48. The number of anilines is 1. The Labute approximate surface area is 240 Å². The average Bonchev–Trinajstić information content (AvgIpc) is 2.93. The highest BCUT2D eigenvalue weighted by Crippen LogP contribution is 2.43. The van der Waals surface area contributed by atoms with Crippen molar-refractivity contribution in [1.82, 2.24) is 15.6 Å². The van der Waals surface area contributed by atoms with E-state index in [4.69, 9.17) is 25.8 Å². The van der Waals surface area contributed by atoms with Crippen molar-refractivity contribution in [3.05, 3.63) is 56.0 Å². The molecule has 40 heavy (non-hydrogen) atoms. The zero-order valence-electron chi connectivity index (χ0n) is 23.7. The van der Waals surface area contributed by atoms with Crippen molar-refractivity contribution in [3.8, 4) is 5.75 Å². The molecule has 0 bridgehead atoms. The van der Waals surface area contributed by atoms with E-state index < -0.39 is 0 Å². The topological polar surface area (TPSA) is 105 Å². The van der Waals surface area contributed by atoms with Gasteiger partial charge in [-0.15, -0.1) is 0 Å². The number of nitrogens with one attached hydrogen (secondary N) is 3. The van der Waals surface area contributed by atoms with Crippen LogP contribution < -0.4 is 25.8 Å². The molecular weight excluding hydrogens is 532 g/mol. The number of aromatic nitrogens is 1. The third-order valence-corrected chi connectivity index (χ3v) is 8.95. The molecule has 3 heterocycles. The second kappa shape index (κ2) is 12.5. The van der Waals surface area contributed by atoms with Crippen molar-refractivity contribution in [2.45, 2.75) is 77.1 Å². The highest BCUT2D eigenvalue weighted by atomic mass is 35.5. The normalized spacial score (nSPS) is 20.9. The van der Waals surface area contributed by atoms with Crippen LogP contribution in [0.3, 0.4) is 0 Å². The number of pyridine rings is 1. The van der Waals surface area contributed by atoms with Crippen molar-refractivity contribution in [2.24, 2.45) is 0 Å². The molecule has 3 N–H and O–H groups in total. The number of carbonyl (C=O) groups excluding carboxylic acids is 1. The monoisotopic (exact) mass is 572 g/mol. The molecule has 0 spiro atoms. The van der Waals surface area contributed by atoms with E-state index in [2.05, 4.69) is 27.4 Å². The lowest BCUT2D eigenvalue weighted by molar-refractivity contribution is -0.0799. The zero-order valence-corrected chi connectivity index (χ0v) is 24.5. The maximum absolute atomic E-state index is 13.6. The van der Waals surface area contributed by atoms with Crippen LogP contribution in [0.25, 0.3) is 0 Å². The summed E-state index contributed by atoms with van der Waals surface area (Å²) in [4.78, 5) is 31.3. The summed E-state index contributed by atoms with van der Waals surface area (Å²) in [6.45, 7) is 10.1. The second-order valence-corrected chi connectivity index (χ2v) is 11.5. The number of aryl methyl sites for hydroxylation is 2. The Morgan fingerprint density at radius 2 is 1.95 bits per heavy atom. The van der Waals surface area contributed by atoms with Crippen LogP contribution in [0.15, 0.2) is 23.0 Å². The number of nitrogens with zero attached hydrogens (tertiary/aromatic N) is 1. The van der Waals surface area contributed by atoms with Crippen molar-refractivity contribution in [2.75, 3.05) is 44.4 Å². The number of amides is 1. The summed E-state index contributed by atoms with van der Waals surface area (Å²) in [6, 6.07) is 5.96. The minimum Gasteiger partial charge on any atom is -0.485 e. The van der Waals surface area contributed by atoms with Crippen molar-refractivity contribution < 1.29 is 19.0 Å². The first-order valence-electron chi connectivity index (χ1n) is 14.5. The summed E-state index contributed by atoms with van der Waals surface area (Å²) >= 11 is 7.01. The van der Waals surface area contributed by atoms with Crippen LogP contribution >= 0.6 is 11.6 Å². The van der Waals surface area contributed by atoms with Crippen molar-refractivity contribution in [1.29, 1.82) is 0 Å². The molecule has 218 valence electrons. The van der Waals surface area contributed by atoms with Gasteiger partial charge in [0, 0.05) is 56.2 Å². The number of aromatic amines is 1. The molecule has 3 fully saturated rings. The summed E-state index contributed by atoms with van der Waals surface area (Å²) in [6.07, 6.45) is 4.69. The summed E-state index contributed by atoms with van der Waals surface area (Å²) in [5, 5.41) is 6.89. The number of carbonyl (C=O) groups is 1. The van der Waals surface area contributed by atoms with Gasteiger partial charge in [0.1, 0.15) is 11.4 Å². The van der Waals surface area contributed by atoms with E-state index in [1.807, 2.05) is 26.0 Å². The van der Waals surface area contributed by atoms with Gasteiger partial charge < -0.3 is 34.7 Å². The fraction of sp³-hybridized carbons (Fsp3) is 0.600. The van der Waals surface area contributed by atoms with Crippen LogP contribution in [-0.2, 0) is 16.0 Å². The van der Waals surface area contributed by atoms with Gasteiger partial charge in [0.15, 0.2) is 0 Å². The maximum Gasteiger partial charge on any atom is 0.253 e. The van der Waals surface area contributed by atoms with E-state index in [1.165, 1.54) is 0 Å². The molecule has 9 nitrogen and oxygen atoms in total. The van der Waals surface area contributed by atoms with Crippen LogP contribution in [-0.4, -0.2) is 68.1 Å². The Morgan fingerprint density at radius 3 is 2.58 bits per heavy atom. The fourth-order valence-electron chi connectivity index (χ4n) is 6.19. The first-order chi connectivity index (χ1) is 19.3. The number of H-pyrrole nitrogens is 1. The molecule has 1 amide bonds. The number of hydrogen-bond donors (Lipinski definition) is 3. The lowest BCUT2D eigenvalue weighted by atomic mass is 9.74. The molecule has 10 heteroatoms. The Bertz CT molecular complexity index is 1270. The molecule has 3 aliphatic rings. The molecule has 1 aromatic carbocycles. The van der Waals surface area contributed by atoms with Gasteiger partial charge in [0.05, 0.1) is 35.5 Å². The van der Waals surface area contributed by atoms with Gasteiger partial charge in [-0.05, 0) is 70.6 Å². The molecule has 2 saturated heterocycles. The second-order valence-electron chi connectivity index (χ2n) is 11.2. The van der Waals surface area contributed by atoms with Crippen LogP contribution in [0.2, 0.25) is 5.02 Å². The molecule has 2 aromatic rings. The Kier molecular flexibility index (Phi) is 9.05. The predicted molar refractivity (Wildman–Crippen MR) is 156 cm³/mol. The Balaban J connectivity index is 1.47. The third kappa shape index (κ3) is 6.03. The molecule has 5 rings (SSSR count). The van der Waals surface area contributed by atoms with E-state index in [1.54, 1.807) is 6.07 Å². The standard InChI is InChI=1S/C30H41ClN4O5/c1-4-35(21-6-11-38-12-7-21)25-16-22(40-30(8-5-9-30)26-18-39-13-10-32-26)15-23(27(25)31)28(36)33-17-24-19(2)14-20(3)34-29(24)37/h14-16,21,26,32H,4-13,17-18H2,1-3H3,(H,33,36)(H,34,37). The highest BCUT2D eigenvalue weighted by Gasteiger charge is 2.47. The average molecular weight is 573 g/mol. The largest absolute Gasteiger partial charge is 0.485 e. The number of benzene rings is 1. The van der Waals surface area contributed by atoms with Crippen molar-refractivity contribution >= 4 is 23.2 Å². The zero-order chi connectivity index (χ0) is 28.3. The van der Waals surface area contributed by atoms with E-state index >= 15 is 0 Å². The van der Waals surface area contributed by atoms with E-state index in [-0.39, 0.29) is 35.7 Å². The molecule has 1 unspecified atom stereocenters. The number of morpholine rings is 1. The number of ether oxygens (including phenoxy) is 3. The molecule has 1 aromatic heterocycles. The third-order valence-electron chi connectivity index (χ3n) is 8.55. The van der Waals surface area contributed by atoms with Crippen LogP contribution in [0, 0.1) is 13.8 Å². The van der Waals surface area contributed by atoms with Crippen LogP contribution in [0.4, 0.5) is 5.69 Å². The number of hydrogen-bond acceptors (Lipinski definition) is 7. The summed E-state index contributed by atoms with van der Waals surface area (Å²) < 4.78 is 18.1. The van der Waals surface area contributed by atoms with Gasteiger partial charge in [0.25, 0.3) is 11.5 Å². The quantitative estimate of drug-likeness (QED) is 0.419. The van der Waals surface area contributed by atoms with Crippen molar-refractivity contribution in [3.63, 3.8) is 0 Å². The number of rotatable bonds is 9. The van der Waals surface area contributed by atoms with E-state index in [0.29, 0.717) is 48.3 Å². The minimum absolute atomic E-state index is 0.0837. The van der Waals surface area contributed by atoms with Crippen LogP contribution in [0.5, 0.6) is 5.75 Å². The summed E-state index contributed by atoms with van der Waals surface area (Å²) in [7, 11) is 0. The lowest BCUT2D eigenvalue weighted by Crippen LogP contribution is -2.63. The first-order valence-corrected chi connectivity index (χ1v) is 14.8. The Morgan fingerprint density at radius 1 is 1.18 bits per heavy atom. The van der Waals surface area contributed by atoms with E-state index in [9.17, 15) is 9.59 Å². The molecule has 1 saturated carbocycles. The van der Waals surface area contributed by atoms with Gasteiger partial charge >= 0.3 is 0 Å². The summed E-state index contributed by atoms with van der Waals surface area (Å²) in [5.74, 6) is 0.271. The van der Waals surface area contributed by atoms with Gasteiger partial charge in [0.2, 0.25) is 0 Å². The Hall–Kier alpha value is -2.59.